The van der Waals surface area contributed by atoms with Crippen LogP contribution in [0.5, 0.6) is 0 Å². The van der Waals surface area contributed by atoms with E-state index in [2.05, 4.69) is 45.1 Å². The summed E-state index contributed by atoms with van der Waals surface area (Å²) < 4.78 is 0. The molecule has 20 heavy (non-hydrogen) atoms. The van der Waals surface area contributed by atoms with Crippen LogP contribution in [0.4, 0.5) is 0 Å². The largest absolute Gasteiger partial charge is 0.396 e. The SMILES string of the molecule is Cc1ccc(CC(=O)NCC(C)(C)CCCO)cc1C. The van der Waals surface area contributed by atoms with Gasteiger partial charge >= 0.3 is 0 Å². The highest BCUT2D eigenvalue weighted by atomic mass is 16.2. The number of aliphatic hydroxyl groups excluding tert-OH is 1. The van der Waals surface area contributed by atoms with E-state index in [1.807, 2.05) is 6.07 Å². The minimum absolute atomic E-state index is 0.0293. The summed E-state index contributed by atoms with van der Waals surface area (Å²) in [4.78, 5) is 12.0. The van der Waals surface area contributed by atoms with Gasteiger partial charge in [-0.2, -0.15) is 0 Å². The van der Waals surface area contributed by atoms with E-state index in [1.165, 1.54) is 11.1 Å². The van der Waals surface area contributed by atoms with Crippen LogP contribution in [-0.4, -0.2) is 24.2 Å². The van der Waals surface area contributed by atoms with Crippen molar-refractivity contribution in [1.29, 1.82) is 0 Å². The van der Waals surface area contributed by atoms with Crippen molar-refractivity contribution in [2.45, 2.75) is 47.0 Å². The topological polar surface area (TPSA) is 49.3 Å². The number of carbonyl (C=O) groups is 1. The van der Waals surface area contributed by atoms with Gasteiger partial charge in [0.05, 0.1) is 6.42 Å². The molecule has 2 N–H and O–H groups in total. The molecule has 3 heteroatoms. The molecule has 1 rings (SSSR count). The highest BCUT2D eigenvalue weighted by Gasteiger charge is 2.18. The van der Waals surface area contributed by atoms with Gasteiger partial charge < -0.3 is 10.4 Å². The maximum atomic E-state index is 12.0. The summed E-state index contributed by atoms with van der Waals surface area (Å²) in [5.41, 5.74) is 3.55. The Kier molecular flexibility index (Phi) is 6.21. The maximum Gasteiger partial charge on any atom is 0.224 e. The van der Waals surface area contributed by atoms with E-state index in [-0.39, 0.29) is 17.9 Å². The lowest BCUT2D eigenvalue weighted by Gasteiger charge is -2.24. The zero-order chi connectivity index (χ0) is 15.2. The van der Waals surface area contributed by atoms with Gasteiger partial charge in [-0.25, -0.2) is 0 Å². The number of amides is 1. The molecule has 0 aliphatic rings. The molecule has 3 nitrogen and oxygen atoms in total. The van der Waals surface area contributed by atoms with Crippen LogP contribution >= 0.6 is 0 Å². The Hall–Kier alpha value is -1.35. The summed E-state index contributed by atoms with van der Waals surface area (Å²) in [6.45, 7) is 9.21. The van der Waals surface area contributed by atoms with Gasteiger partial charge in [0.25, 0.3) is 0 Å². The lowest BCUT2D eigenvalue weighted by Crippen LogP contribution is -2.35. The van der Waals surface area contributed by atoms with Gasteiger partial charge in [0.2, 0.25) is 5.91 Å². The number of rotatable bonds is 7. The molecule has 0 bridgehead atoms. The summed E-state index contributed by atoms with van der Waals surface area (Å²) in [6, 6.07) is 6.15. The molecule has 0 aromatic heterocycles. The summed E-state index contributed by atoms with van der Waals surface area (Å²) in [5.74, 6) is 0.0605. The lowest BCUT2D eigenvalue weighted by molar-refractivity contribution is -0.120. The number of aryl methyl sites for hydroxylation is 2. The number of hydrogen-bond donors (Lipinski definition) is 2. The van der Waals surface area contributed by atoms with E-state index in [0.717, 1.165) is 18.4 Å². The summed E-state index contributed by atoms with van der Waals surface area (Å²) in [7, 11) is 0. The Morgan fingerprint density at radius 1 is 1.25 bits per heavy atom. The Morgan fingerprint density at radius 2 is 1.95 bits per heavy atom. The van der Waals surface area contributed by atoms with E-state index in [4.69, 9.17) is 5.11 Å². The molecule has 1 amide bonds. The zero-order valence-electron chi connectivity index (χ0n) is 13.1. The molecule has 0 aliphatic carbocycles. The molecular formula is C17H27NO2. The van der Waals surface area contributed by atoms with Gasteiger partial charge in [-0.15, -0.1) is 0 Å². The second-order valence-electron chi connectivity index (χ2n) is 6.36. The van der Waals surface area contributed by atoms with Crippen molar-refractivity contribution in [3.63, 3.8) is 0 Å². The molecule has 0 radical (unpaired) electrons. The van der Waals surface area contributed by atoms with Crippen molar-refractivity contribution in [1.82, 2.24) is 5.32 Å². The Bertz CT molecular complexity index is 452. The van der Waals surface area contributed by atoms with Gasteiger partial charge in [-0.1, -0.05) is 32.0 Å². The van der Waals surface area contributed by atoms with Crippen LogP contribution in [0.2, 0.25) is 0 Å². The van der Waals surface area contributed by atoms with E-state index >= 15 is 0 Å². The first kappa shape index (κ1) is 16.7. The van der Waals surface area contributed by atoms with E-state index in [0.29, 0.717) is 13.0 Å². The fourth-order valence-corrected chi connectivity index (χ4v) is 2.15. The Labute approximate surface area is 122 Å². The van der Waals surface area contributed by atoms with Gasteiger partial charge in [-0.3, -0.25) is 4.79 Å². The summed E-state index contributed by atoms with van der Waals surface area (Å²) in [5, 5.41) is 11.9. The standard InChI is InChI=1S/C17H27NO2/c1-13-6-7-15(10-14(13)2)11-16(20)18-12-17(3,4)8-5-9-19/h6-7,10,19H,5,8-9,11-12H2,1-4H3,(H,18,20). The van der Waals surface area contributed by atoms with E-state index in [1.54, 1.807) is 0 Å². The molecule has 0 unspecified atom stereocenters. The van der Waals surface area contributed by atoms with Crippen molar-refractivity contribution < 1.29 is 9.90 Å². The molecule has 1 aromatic carbocycles. The predicted molar refractivity (Wildman–Crippen MR) is 82.7 cm³/mol. The molecule has 1 aromatic rings. The molecule has 0 saturated heterocycles. The minimum Gasteiger partial charge on any atom is -0.396 e. The molecule has 0 saturated carbocycles. The second kappa shape index (κ2) is 7.44. The zero-order valence-corrected chi connectivity index (χ0v) is 13.1. The Balaban J connectivity index is 2.45. The molecular weight excluding hydrogens is 250 g/mol. The second-order valence-corrected chi connectivity index (χ2v) is 6.36. The van der Waals surface area contributed by atoms with Crippen LogP contribution in [0, 0.1) is 19.3 Å². The third-order valence-electron chi connectivity index (χ3n) is 3.71. The van der Waals surface area contributed by atoms with Crippen molar-refractivity contribution in [3.05, 3.63) is 34.9 Å². The monoisotopic (exact) mass is 277 g/mol. The third-order valence-corrected chi connectivity index (χ3v) is 3.71. The first-order valence-corrected chi connectivity index (χ1v) is 7.28. The number of carbonyl (C=O) groups excluding carboxylic acids is 1. The summed E-state index contributed by atoms with van der Waals surface area (Å²) >= 11 is 0. The van der Waals surface area contributed by atoms with Gasteiger partial charge in [0.1, 0.15) is 0 Å². The Morgan fingerprint density at radius 3 is 2.55 bits per heavy atom. The van der Waals surface area contributed by atoms with Crippen LogP contribution in [0.3, 0.4) is 0 Å². The molecule has 112 valence electrons. The quantitative estimate of drug-likeness (QED) is 0.805. The fourth-order valence-electron chi connectivity index (χ4n) is 2.15. The number of hydrogen-bond acceptors (Lipinski definition) is 2. The minimum atomic E-state index is 0.0293. The van der Waals surface area contributed by atoms with Crippen molar-refractivity contribution in [2.75, 3.05) is 13.2 Å². The van der Waals surface area contributed by atoms with Crippen molar-refractivity contribution in [3.8, 4) is 0 Å². The molecule has 0 heterocycles. The fraction of sp³-hybridized carbons (Fsp3) is 0.588. The van der Waals surface area contributed by atoms with Crippen LogP contribution < -0.4 is 5.32 Å². The van der Waals surface area contributed by atoms with Gasteiger partial charge in [0, 0.05) is 13.2 Å². The highest BCUT2D eigenvalue weighted by molar-refractivity contribution is 5.78. The highest BCUT2D eigenvalue weighted by Crippen LogP contribution is 2.20. The normalized spacial score (nSPS) is 11.4. The van der Waals surface area contributed by atoms with Crippen LogP contribution in [0.25, 0.3) is 0 Å². The van der Waals surface area contributed by atoms with Gasteiger partial charge in [-0.05, 0) is 48.8 Å². The average Bonchev–Trinajstić information content (AvgIpc) is 2.39. The lowest BCUT2D eigenvalue weighted by atomic mass is 9.88. The number of aliphatic hydroxyl groups is 1. The third kappa shape index (κ3) is 5.74. The number of nitrogens with one attached hydrogen (secondary N) is 1. The average molecular weight is 277 g/mol. The first-order valence-electron chi connectivity index (χ1n) is 7.28. The van der Waals surface area contributed by atoms with E-state index < -0.39 is 0 Å². The molecule has 0 aliphatic heterocycles. The number of benzene rings is 1. The maximum absolute atomic E-state index is 12.0. The first-order chi connectivity index (χ1) is 9.34. The van der Waals surface area contributed by atoms with Crippen molar-refractivity contribution >= 4 is 5.91 Å². The van der Waals surface area contributed by atoms with Crippen LogP contribution in [0.15, 0.2) is 18.2 Å². The van der Waals surface area contributed by atoms with E-state index in [9.17, 15) is 4.79 Å². The van der Waals surface area contributed by atoms with Crippen molar-refractivity contribution in [2.24, 2.45) is 5.41 Å². The predicted octanol–water partition coefficient (Wildman–Crippen LogP) is 2.76. The van der Waals surface area contributed by atoms with Crippen LogP contribution in [0.1, 0.15) is 43.4 Å². The molecule has 0 atom stereocenters. The smallest absolute Gasteiger partial charge is 0.224 e. The summed E-state index contributed by atoms with van der Waals surface area (Å²) in [6.07, 6.45) is 2.12. The van der Waals surface area contributed by atoms with Crippen LogP contribution in [-0.2, 0) is 11.2 Å². The molecule has 0 spiro atoms. The van der Waals surface area contributed by atoms with Gasteiger partial charge in [0.15, 0.2) is 0 Å². The molecule has 0 fully saturated rings.